The van der Waals surface area contributed by atoms with E-state index >= 15 is 0 Å². The van der Waals surface area contributed by atoms with Gasteiger partial charge in [0.25, 0.3) is 11.1 Å². The number of carbonyl (C=O) groups is 2. The average molecular weight is 1390 g/mol. The lowest BCUT2D eigenvalue weighted by atomic mass is 9.98. The molecule has 0 fully saturated rings. The minimum absolute atomic E-state index is 0.0127. The third-order valence-corrected chi connectivity index (χ3v) is 16.5. The molecule has 96 heavy (non-hydrogen) atoms. The molecule has 22 heteroatoms. The van der Waals surface area contributed by atoms with Gasteiger partial charge in [0.15, 0.2) is 10.3 Å². The van der Waals surface area contributed by atoms with E-state index in [9.17, 15) is 65.3 Å². The molecule has 0 aliphatic heterocycles. The van der Waals surface area contributed by atoms with Crippen LogP contribution in [0.3, 0.4) is 0 Å². The van der Waals surface area contributed by atoms with Gasteiger partial charge in [-0.3, -0.25) is 19.2 Å². The Morgan fingerprint density at radius 2 is 1.03 bits per heavy atom. The molecule has 0 bridgehead atoms. The Bertz CT molecular complexity index is 5450. The molecule has 1 atom stereocenters. The summed E-state index contributed by atoms with van der Waals surface area (Å²) >= 11 is 1.38. The van der Waals surface area contributed by atoms with Crippen molar-refractivity contribution in [2.45, 2.75) is 134 Å². The molecule has 1 unspecified atom stereocenters. The molecule has 0 saturated carbocycles. The Labute approximate surface area is 603 Å². The van der Waals surface area contributed by atoms with Crippen molar-refractivity contribution in [2.24, 2.45) is 5.89 Å². The Morgan fingerprint density at radius 3 is 1.53 bits per heavy atom. The molecule has 0 saturated heterocycles. The monoisotopic (exact) mass is 1390 g/mol. The van der Waals surface area contributed by atoms with Crippen LogP contribution in [0, 0.1) is 24.5 Å². The van der Waals surface area contributed by atoms with Gasteiger partial charge in [0.1, 0.15) is 24.6 Å². The number of amides is 2. The van der Waals surface area contributed by atoms with Crippen LogP contribution in [0.4, 0.5) is 35.1 Å². The van der Waals surface area contributed by atoms with Crippen LogP contribution < -0.4 is 11.1 Å². The highest BCUT2D eigenvalue weighted by atomic mass is 32.2. The van der Waals surface area contributed by atoms with Crippen LogP contribution in [-0.4, -0.2) is 103 Å². The smallest absolute Gasteiger partial charge is 0.336 e. The maximum absolute atomic E-state index is 15.0. The first kappa shape index (κ1) is 43.4. The lowest BCUT2D eigenvalue weighted by Crippen LogP contribution is -2.40. The van der Waals surface area contributed by atoms with Crippen molar-refractivity contribution in [1.29, 1.82) is 0 Å². The van der Waals surface area contributed by atoms with Gasteiger partial charge in [-0.15, -0.1) is 0 Å². The number of fused-ring (bicyclic) bond motifs is 2. The molecule has 2 amide bonds. The molecule has 2 aliphatic carbocycles. The van der Waals surface area contributed by atoms with Crippen LogP contribution >= 0.6 is 23.5 Å². The molecule has 12 nitrogen and oxygen atoms in total. The number of likely N-dealkylation sites (N-methyl/N-ethyl adjacent to an activating group) is 2. The fourth-order valence-corrected chi connectivity index (χ4v) is 11.3. The topological polar surface area (TPSA) is 117 Å². The third kappa shape index (κ3) is 19.0. The SMILES string of the molecule is [2H]C([2H])(C)N(CCN(C(=O)C([2H])([2H])n1c(SCc2ccc(F)cc2)nc(=O)c2c1C([2H])([2H])C([2H])(C)C2([2H])[2H])C([2H])([2H])c1ccc(-c2ccc(C(F)(F)F)cc2)cc1)C([2H])([2H])C.[2H]c1c([2H])c(C(F)(F)F)c([2H])c([2H])c1-c1c([2H])c([2H])c(C([2H])([2H])N(CCN(C([2H])([2H])C)C([2H])([2H])C)C(=O)C([2H])([2H])n2c(SCc3ccc(F)cc3)nc(=O)c3c2CCC3)c(C)c1[2H]. The summed E-state index contributed by atoms with van der Waals surface area (Å²) in [4.78, 5) is 66.4. The summed E-state index contributed by atoms with van der Waals surface area (Å²) in [5, 5.41) is -1.03. The second-order valence-electron chi connectivity index (χ2n) is 21.0. The molecule has 6 aromatic carbocycles. The number of rotatable bonds is 26. The van der Waals surface area contributed by atoms with E-state index < -0.39 is 236 Å². The van der Waals surface area contributed by atoms with Crippen LogP contribution in [0.1, 0.15) is 141 Å². The minimum atomic E-state index is -5.35. The number of alkyl halides is 6. The summed E-state index contributed by atoms with van der Waals surface area (Å²) in [6.45, 7) is -21.2. The Hall–Kier alpha value is -7.92. The van der Waals surface area contributed by atoms with Crippen LogP contribution in [0.25, 0.3) is 22.3 Å². The summed E-state index contributed by atoms with van der Waals surface area (Å²) < 4.78 is 354. The van der Waals surface area contributed by atoms with Gasteiger partial charge in [-0.2, -0.15) is 36.3 Å². The zero-order valence-electron chi connectivity index (χ0n) is 80.2. The highest BCUT2D eigenvalue weighted by molar-refractivity contribution is 7.98. The van der Waals surface area contributed by atoms with Gasteiger partial charge in [-0.1, -0.05) is 149 Å². The van der Waals surface area contributed by atoms with Gasteiger partial charge in [0, 0.05) is 91.0 Å². The van der Waals surface area contributed by atoms with E-state index in [1.165, 1.54) is 72.8 Å². The van der Waals surface area contributed by atoms with E-state index in [1.54, 1.807) is 0 Å². The van der Waals surface area contributed by atoms with E-state index in [-0.39, 0.29) is 51.2 Å². The third-order valence-electron chi connectivity index (χ3n) is 14.5. The van der Waals surface area contributed by atoms with E-state index in [0.29, 0.717) is 59.7 Å². The highest BCUT2D eigenvalue weighted by Gasteiger charge is 2.33. The number of benzene rings is 6. The number of halogens is 8. The standard InChI is InChI=1S/2C37H40F4N4O2S/c1-4-43(5-2)18-19-44(22-26-6-10-28(11-7-26)29-12-14-30(15-13-29)37(39,40)41)34(46)23-45-33-21-25(3)20-32(33)35(47)42-36(45)48-24-27-8-16-31(38)17-9-27;1-4-43(5-2)19-20-44(22-29-12-11-28(21-25(29)3)27-13-15-30(16-14-27)37(39,40)41)34(46)23-45-33-8-6-7-32(33)35(47)42-36(45)48-24-26-9-17-31(38)18-10-26/h6-17,25H,4-5,18-24H2,1-3H3;9-18,21H,4-8,19-20,22-24H2,1-3H3/i4D2,5D2,20D2,21D2,22D2,23D2,25D;4D2,5D2,11D,12D,13D,14D,15D,16D,21D,22D2,23D2. The maximum Gasteiger partial charge on any atom is 0.416 e. The van der Waals surface area contributed by atoms with Crippen LogP contribution in [-0.2, 0) is 85.0 Å². The summed E-state index contributed by atoms with van der Waals surface area (Å²) in [6.07, 6.45) is -15.7. The predicted octanol–water partition coefficient (Wildman–Crippen LogP) is 15.0. The van der Waals surface area contributed by atoms with E-state index in [0.717, 1.165) is 82.1 Å². The van der Waals surface area contributed by atoms with Crippen LogP contribution in [0.2, 0.25) is 0 Å². The maximum atomic E-state index is 15.0. The first-order chi connectivity index (χ1) is 56.4. The van der Waals surface area contributed by atoms with Crippen molar-refractivity contribution in [2.75, 3.05) is 52.2 Å². The summed E-state index contributed by atoms with van der Waals surface area (Å²) in [5.41, 5.74) is -9.13. The minimum Gasteiger partial charge on any atom is -0.336 e. The Balaban J connectivity index is 0.000000281. The molecule has 0 N–H and O–H groups in total. The molecule has 508 valence electrons. The molecular formula is C74H80F8N8O4S2. The van der Waals surface area contributed by atoms with Gasteiger partial charge in [0.2, 0.25) is 11.8 Å². The summed E-state index contributed by atoms with van der Waals surface area (Å²) in [5.74, 6) is -7.70. The van der Waals surface area contributed by atoms with Crippen LogP contribution in [0.5, 0.6) is 0 Å². The second-order valence-corrected chi connectivity index (χ2v) is 22.9. The van der Waals surface area contributed by atoms with Crippen molar-refractivity contribution in [3.05, 3.63) is 233 Å². The fourth-order valence-electron chi connectivity index (χ4n) is 9.52. The fraction of sp³-hybridized carbons (Fsp3) is 0.378. The zero-order chi connectivity index (χ0) is 93.8. The number of carbonyl (C=O) groups excluding carboxylic acids is 2. The first-order valence-corrected chi connectivity index (χ1v) is 31.3. The summed E-state index contributed by atoms with van der Waals surface area (Å²) in [6, 6.07) is 10.1. The number of nitrogens with zero attached hydrogens (tertiary/aromatic N) is 8. The molecular weight excluding hydrogens is 1280 g/mol. The molecule has 2 aromatic heterocycles. The van der Waals surface area contributed by atoms with Gasteiger partial charge in [-0.05, 0) is 169 Å². The number of thioether (sulfide) groups is 2. The largest absolute Gasteiger partial charge is 0.416 e. The van der Waals surface area contributed by atoms with Gasteiger partial charge >= 0.3 is 12.4 Å². The Morgan fingerprint density at radius 1 is 0.573 bits per heavy atom. The quantitative estimate of drug-likeness (QED) is 0.0295. The number of hydrogen-bond acceptors (Lipinski definition) is 10. The highest BCUT2D eigenvalue weighted by Crippen LogP contribution is 2.35. The van der Waals surface area contributed by atoms with E-state index in [4.69, 9.17) is 27.4 Å². The van der Waals surface area contributed by atoms with Gasteiger partial charge in [-0.25, -0.2) is 8.78 Å². The number of aromatic nitrogens is 4. The average Bonchev–Trinajstić information content (AvgIpc) is 1.51. The van der Waals surface area contributed by atoms with Crippen molar-refractivity contribution >= 4 is 35.3 Å². The molecule has 10 rings (SSSR count). The molecule has 2 aliphatic rings. The first-order valence-electron chi connectivity index (χ1n) is 43.3. The number of hydrogen-bond donors (Lipinski definition) is 0. The second kappa shape index (κ2) is 32.9. The van der Waals surface area contributed by atoms with Crippen molar-refractivity contribution in [3.8, 4) is 22.3 Å². The van der Waals surface area contributed by atoms with Crippen molar-refractivity contribution in [1.82, 2.24) is 38.7 Å². The summed E-state index contributed by atoms with van der Waals surface area (Å²) in [7, 11) is 0. The normalized spacial score (nSPS) is 20.9. The zero-order valence-corrected chi connectivity index (χ0v) is 53.8. The lowest BCUT2D eigenvalue weighted by Gasteiger charge is -2.28. The molecule has 0 spiro atoms. The Kier molecular flexibility index (Phi) is 14.9. The van der Waals surface area contributed by atoms with Gasteiger partial charge in [0.05, 0.1) is 31.7 Å². The van der Waals surface area contributed by atoms with Crippen molar-refractivity contribution in [3.63, 3.8) is 0 Å². The van der Waals surface area contributed by atoms with E-state index in [1.807, 2.05) is 0 Å². The predicted molar refractivity (Wildman–Crippen MR) is 362 cm³/mol. The lowest BCUT2D eigenvalue weighted by molar-refractivity contribution is -0.138. The van der Waals surface area contributed by atoms with Gasteiger partial charge < -0.3 is 28.7 Å². The molecule has 8 aromatic rings. The van der Waals surface area contributed by atoms with Crippen LogP contribution in [0.15, 0.2) is 159 Å². The molecule has 2 heterocycles. The van der Waals surface area contributed by atoms with Crippen molar-refractivity contribution < 1.29 is 83.1 Å². The molecule has 0 radical (unpaired) electrons. The van der Waals surface area contributed by atoms with E-state index in [2.05, 4.69) is 9.97 Å².